The molecule has 146 valence electrons. The smallest absolute Gasteiger partial charge is 0.407 e. The van der Waals surface area contributed by atoms with Crippen LogP contribution in [0, 0.1) is 0 Å². The van der Waals surface area contributed by atoms with Gasteiger partial charge in [-0.25, -0.2) is 9.78 Å². The second-order valence-corrected chi connectivity index (χ2v) is 8.78. The van der Waals surface area contributed by atoms with Gasteiger partial charge in [0, 0.05) is 37.5 Å². The molecule has 0 spiro atoms. The number of likely N-dealkylation sites (tertiary alicyclic amines) is 1. The monoisotopic (exact) mass is 437 g/mol. The fourth-order valence-electron chi connectivity index (χ4n) is 3.18. The maximum Gasteiger partial charge on any atom is 0.407 e. The fourth-order valence-corrected chi connectivity index (χ4v) is 4.71. The van der Waals surface area contributed by atoms with E-state index in [-0.39, 0.29) is 11.8 Å². The van der Waals surface area contributed by atoms with Crippen molar-refractivity contribution in [3.05, 3.63) is 44.8 Å². The topological polar surface area (TPSA) is 91.6 Å². The van der Waals surface area contributed by atoms with Crippen LogP contribution < -0.4 is 4.90 Å². The molecule has 0 saturated carbocycles. The molecule has 1 amide bonds. The fraction of sp³-hybridized carbons (Fsp3) is 0.294. The van der Waals surface area contributed by atoms with Crippen molar-refractivity contribution in [3.63, 3.8) is 0 Å². The molecule has 1 fully saturated rings. The van der Waals surface area contributed by atoms with Gasteiger partial charge < -0.3 is 14.9 Å². The van der Waals surface area contributed by atoms with Crippen molar-refractivity contribution in [3.8, 4) is 0 Å². The number of thiophene rings is 1. The van der Waals surface area contributed by atoms with E-state index in [1.807, 2.05) is 24.1 Å². The van der Waals surface area contributed by atoms with Crippen molar-refractivity contribution in [2.45, 2.75) is 12.3 Å². The summed E-state index contributed by atoms with van der Waals surface area (Å²) in [5, 5.41) is 16.3. The molecule has 0 aliphatic carbocycles. The summed E-state index contributed by atoms with van der Waals surface area (Å²) in [7, 11) is 1.84. The molecule has 1 saturated heterocycles. The highest BCUT2D eigenvalue weighted by atomic mass is 35.5. The van der Waals surface area contributed by atoms with Crippen molar-refractivity contribution in [2.24, 2.45) is 0 Å². The lowest BCUT2D eigenvalue weighted by Gasteiger charge is -2.17. The molecule has 28 heavy (non-hydrogen) atoms. The van der Waals surface area contributed by atoms with Gasteiger partial charge >= 0.3 is 6.09 Å². The molecular formula is C17H16ClN5O3S2. The quantitative estimate of drug-likeness (QED) is 0.663. The number of amides is 1. The molecule has 1 N–H and O–H groups in total. The van der Waals surface area contributed by atoms with Gasteiger partial charge in [-0.05, 0) is 18.6 Å². The van der Waals surface area contributed by atoms with E-state index in [0.717, 1.165) is 5.00 Å². The molecule has 0 aromatic carbocycles. The number of carbonyl (C=O) groups excluding carboxylic acids is 1. The molecule has 3 aromatic heterocycles. The number of carboxylic acid groups (broad SMARTS) is 1. The van der Waals surface area contributed by atoms with E-state index in [1.165, 1.54) is 32.3 Å². The molecule has 4 heterocycles. The predicted molar refractivity (Wildman–Crippen MR) is 108 cm³/mol. The summed E-state index contributed by atoms with van der Waals surface area (Å²) in [5.41, 5.74) is 2.61. The highest BCUT2D eigenvalue weighted by molar-refractivity contribution is 7.20. The molecule has 4 rings (SSSR count). The van der Waals surface area contributed by atoms with Gasteiger partial charge in [0.15, 0.2) is 0 Å². The number of rotatable bonds is 4. The van der Waals surface area contributed by atoms with Gasteiger partial charge in [-0.2, -0.15) is 9.78 Å². The Bertz CT molecular complexity index is 1020. The van der Waals surface area contributed by atoms with E-state index < -0.39 is 6.09 Å². The number of anilines is 2. The lowest BCUT2D eigenvalue weighted by atomic mass is 10.1. The van der Waals surface area contributed by atoms with Gasteiger partial charge in [-0.3, -0.25) is 4.79 Å². The molecule has 1 aliphatic heterocycles. The number of carbonyl (C=O) groups is 2. The first-order chi connectivity index (χ1) is 13.4. The van der Waals surface area contributed by atoms with Crippen LogP contribution in [0.25, 0.3) is 0 Å². The van der Waals surface area contributed by atoms with E-state index >= 15 is 0 Å². The molecule has 1 atom stereocenters. The van der Waals surface area contributed by atoms with Gasteiger partial charge in [-0.1, -0.05) is 11.6 Å². The second-order valence-electron chi connectivity index (χ2n) is 6.37. The Morgan fingerprint density at radius 2 is 2.21 bits per heavy atom. The van der Waals surface area contributed by atoms with E-state index in [0.29, 0.717) is 41.1 Å². The average molecular weight is 438 g/mol. The average Bonchev–Trinajstić information content (AvgIpc) is 3.46. The third kappa shape index (κ3) is 3.50. The summed E-state index contributed by atoms with van der Waals surface area (Å²) in [4.78, 5) is 31.5. The SMILES string of the molecule is CN(c1ccc(Cl)s1)c1cc(C2CCN(C(=O)O)C2)nn1C(=O)c1cscn1. The zero-order chi connectivity index (χ0) is 19.8. The maximum atomic E-state index is 13.0. The van der Waals surface area contributed by atoms with Crippen LogP contribution in [0.3, 0.4) is 0 Å². The maximum absolute atomic E-state index is 13.0. The molecule has 8 nitrogen and oxygen atoms in total. The van der Waals surface area contributed by atoms with Crippen LogP contribution >= 0.6 is 34.3 Å². The summed E-state index contributed by atoms with van der Waals surface area (Å²) in [6.45, 7) is 0.823. The normalized spacial score (nSPS) is 16.5. The minimum Gasteiger partial charge on any atom is -0.465 e. The number of aromatic nitrogens is 3. The number of thiazole rings is 1. The Labute approximate surface area is 173 Å². The largest absolute Gasteiger partial charge is 0.465 e. The van der Waals surface area contributed by atoms with E-state index in [1.54, 1.807) is 17.0 Å². The summed E-state index contributed by atoms with van der Waals surface area (Å²) in [5.74, 6) is 0.199. The summed E-state index contributed by atoms with van der Waals surface area (Å²) >= 11 is 8.79. The Morgan fingerprint density at radius 3 is 2.82 bits per heavy atom. The Kier molecular flexibility index (Phi) is 5.09. The Hall–Kier alpha value is -2.43. The molecule has 0 bridgehead atoms. The number of halogens is 1. The van der Waals surface area contributed by atoms with Crippen LogP contribution in [0.1, 0.15) is 28.5 Å². The zero-order valence-electron chi connectivity index (χ0n) is 14.8. The first kappa shape index (κ1) is 18.9. The molecule has 3 aromatic rings. The van der Waals surface area contributed by atoms with Gasteiger partial charge in [0.2, 0.25) is 0 Å². The molecule has 1 unspecified atom stereocenters. The highest BCUT2D eigenvalue weighted by Crippen LogP contribution is 2.36. The zero-order valence-corrected chi connectivity index (χ0v) is 17.2. The van der Waals surface area contributed by atoms with Crippen LogP contribution in [0.5, 0.6) is 0 Å². The number of hydrogen-bond donors (Lipinski definition) is 1. The van der Waals surface area contributed by atoms with Crippen LogP contribution in [-0.2, 0) is 0 Å². The van der Waals surface area contributed by atoms with Crippen molar-refractivity contribution in [1.82, 2.24) is 19.7 Å². The minimum absolute atomic E-state index is 0.0559. The van der Waals surface area contributed by atoms with Crippen LogP contribution in [-0.4, -0.2) is 56.9 Å². The van der Waals surface area contributed by atoms with E-state index in [4.69, 9.17) is 11.6 Å². The molecule has 11 heteroatoms. The molecular weight excluding hydrogens is 422 g/mol. The third-order valence-corrected chi connectivity index (χ3v) is 6.56. The van der Waals surface area contributed by atoms with Crippen LogP contribution in [0.15, 0.2) is 29.1 Å². The van der Waals surface area contributed by atoms with Gasteiger partial charge in [-0.15, -0.1) is 22.7 Å². The first-order valence-corrected chi connectivity index (χ1v) is 10.6. The van der Waals surface area contributed by atoms with Gasteiger partial charge in [0.05, 0.1) is 20.5 Å². The van der Waals surface area contributed by atoms with E-state index in [2.05, 4.69) is 10.1 Å². The minimum atomic E-state index is -0.939. The second kappa shape index (κ2) is 7.53. The molecule has 0 radical (unpaired) electrons. The van der Waals surface area contributed by atoms with Gasteiger partial charge in [0.25, 0.3) is 5.91 Å². The number of hydrogen-bond acceptors (Lipinski definition) is 7. The summed E-state index contributed by atoms with van der Waals surface area (Å²) < 4.78 is 1.98. The summed E-state index contributed by atoms with van der Waals surface area (Å²) in [6.07, 6.45) is -0.270. The van der Waals surface area contributed by atoms with Crippen molar-refractivity contribution < 1.29 is 14.7 Å². The van der Waals surface area contributed by atoms with E-state index in [9.17, 15) is 14.7 Å². The van der Waals surface area contributed by atoms with Gasteiger partial charge in [0.1, 0.15) is 11.5 Å². The standard InChI is InChI=1S/C17H16ClN5O3S2/c1-21(15-3-2-13(18)28-15)14-6-11(10-4-5-22(7-10)17(25)26)20-23(14)16(24)12-8-27-9-19-12/h2-3,6,8-10H,4-5,7H2,1H3,(H,25,26). The third-order valence-electron chi connectivity index (χ3n) is 4.66. The van der Waals surface area contributed by atoms with Crippen molar-refractivity contribution in [1.29, 1.82) is 0 Å². The Morgan fingerprint density at radius 1 is 1.39 bits per heavy atom. The lowest BCUT2D eigenvalue weighted by molar-refractivity contribution is 0.0942. The van der Waals surface area contributed by atoms with Crippen molar-refractivity contribution >= 4 is 57.1 Å². The van der Waals surface area contributed by atoms with Crippen molar-refractivity contribution in [2.75, 3.05) is 25.0 Å². The lowest BCUT2D eigenvalue weighted by Crippen LogP contribution is -2.26. The van der Waals surface area contributed by atoms with Crippen LogP contribution in [0.4, 0.5) is 15.6 Å². The first-order valence-electron chi connectivity index (χ1n) is 8.44. The highest BCUT2D eigenvalue weighted by Gasteiger charge is 2.31. The number of nitrogens with zero attached hydrogens (tertiary/aromatic N) is 5. The predicted octanol–water partition coefficient (Wildman–Crippen LogP) is 3.98. The summed E-state index contributed by atoms with van der Waals surface area (Å²) in [6, 6.07) is 5.51. The Balaban J connectivity index is 1.72. The molecule has 1 aliphatic rings. The van der Waals surface area contributed by atoms with Crippen LogP contribution in [0.2, 0.25) is 4.34 Å².